The van der Waals surface area contributed by atoms with Crippen molar-refractivity contribution in [3.8, 4) is 5.75 Å². The summed E-state index contributed by atoms with van der Waals surface area (Å²) in [5.41, 5.74) is 7.00. The van der Waals surface area contributed by atoms with Crippen molar-refractivity contribution in [1.29, 1.82) is 0 Å². The van der Waals surface area contributed by atoms with Gasteiger partial charge in [-0.1, -0.05) is 30.3 Å². The molecule has 0 aliphatic carbocycles. The molecule has 2 rings (SSSR count). The molecule has 5 nitrogen and oxygen atoms in total. The molecule has 0 aliphatic heterocycles. The van der Waals surface area contributed by atoms with Gasteiger partial charge in [-0.25, -0.2) is 0 Å². The number of hydrazine groups is 1. The molecule has 1 amide bonds. The molecular weight excluding hydrogens is 310 g/mol. The van der Waals surface area contributed by atoms with E-state index in [0.717, 1.165) is 17.0 Å². The van der Waals surface area contributed by atoms with E-state index in [-0.39, 0.29) is 12.3 Å². The predicted octanol–water partition coefficient (Wildman–Crippen LogP) is 2.65. The van der Waals surface area contributed by atoms with Crippen LogP contribution in [0, 0.1) is 0 Å². The molecular formula is C17H19N3O2S. The minimum Gasteiger partial charge on any atom is -0.494 e. The fourth-order valence-corrected chi connectivity index (χ4v) is 2.08. The maximum Gasteiger partial charge on any atom is 0.242 e. The fraction of sp³-hybridized carbons (Fsp3) is 0.176. The van der Waals surface area contributed by atoms with Gasteiger partial charge in [-0.3, -0.25) is 15.6 Å². The molecule has 0 bridgehead atoms. The molecule has 0 saturated heterocycles. The third-order valence-corrected chi connectivity index (χ3v) is 3.15. The zero-order valence-corrected chi connectivity index (χ0v) is 13.7. The first kappa shape index (κ1) is 16.8. The number of thiocarbonyl (C=S) groups is 1. The Hall–Kier alpha value is -2.60. The van der Waals surface area contributed by atoms with Gasteiger partial charge in [-0.2, -0.15) is 0 Å². The Morgan fingerprint density at radius 1 is 1.04 bits per heavy atom. The standard InChI is InChI=1S/C17H19N3O2S/c1-2-22-15-10-8-13(9-11-15)12-16(21)19-20-17(23)18-14-6-4-3-5-7-14/h3-11H,2,12H2,1H3,(H,19,21)(H2,18,20,23). The Morgan fingerprint density at radius 2 is 1.74 bits per heavy atom. The van der Waals surface area contributed by atoms with Gasteiger partial charge < -0.3 is 10.1 Å². The number of carbonyl (C=O) groups is 1. The van der Waals surface area contributed by atoms with Crippen LogP contribution in [0.5, 0.6) is 5.75 Å². The highest BCUT2D eigenvalue weighted by Gasteiger charge is 2.04. The number of amides is 1. The van der Waals surface area contributed by atoms with Gasteiger partial charge in [0.2, 0.25) is 5.91 Å². The van der Waals surface area contributed by atoms with Crippen LogP contribution in [0.2, 0.25) is 0 Å². The largest absolute Gasteiger partial charge is 0.494 e. The summed E-state index contributed by atoms with van der Waals surface area (Å²) in [5, 5.41) is 3.30. The lowest BCUT2D eigenvalue weighted by molar-refractivity contribution is -0.120. The minimum absolute atomic E-state index is 0.175. The van der Waals surface area contributed by atoms with E-state index in [4.69, 9.17) is 17.0 Å². The molecule has 0 aromatic heterocycles. The maximum absolute atomic E-state index is 11.9. The Kier molecular flexibility index (Phi) is 6.38. The molecule has 120 valence electrons. The zero-order chi connectivity index (χ0) is 16.5. The van der Waals surface area contributed by atoms with Crippen molar-refractivity contribution < 1.29 is 9.53 Å². The lowest BCUT2D eigenvalue weighted by atomic mass is 10.1. The number of rotatable bonds is 5. The van der Waals surface area contributed by atoms with Crippen LogP contribution in [0.1, 0.15) is 12.5 Å². The number of hydrogen-bond donors (Lipinski definition) is 3. The Balaban J connectivity index is 1.75. The molecule has 3 N–H and O–H groups in total. The molecule has 6 heteroatoms. The van der Waals surface area contributed by atoms with Crippen molar-refractivity contribution >= 4 is 28.9 Å². The van der Waals surface area contributed by atoms with E-state index in [2.05, 4.69) is 16.2 Å². The zero-order valence-electron chi connectivity index (χ0n) is 12.8. The van der Waals surface area contributed by atoms with Crippen molar-refractivity contribution in [3.05, 3.63) is 60.2 Å². The molecule has 23 heavy (non-hydrogen) atoms. The summed E-state index contributed by atoms with van der Waals surface area (Å²) < 4.78 is 5.36. The average Bonchev–Trinajstić information content (AvgIpc) is 2.56. The summed E-state index contributed by atoms with van der Waals surface area (Å²) in [4.78, 5) is 11.9. The summed E-state index contributed by atoms with van der Waals surface area (Å²) in [5.74, 6) is 0.620. The molecule has 0 radical (unpaired) electrons. The highest BCUT2D eigenvalue weighted by molar-refractivity contribution is 7.80. The van der Waals surface area contributed by atoms with Crippen molar-refractivity contribution in [2.45, 2.75) is 13.3 Å². The normalized spacial score (nSPS) is 9.78. The number of anilines is 1. The Bertz CT molecular complexity index is 645. The lowest BCUT2D eigenvalue weighted by Crippen LogP contribution is -2.44. The van der Waals surface area contributed by atoms with Gasteiger partial charge in [0, 0.05) is 5.69 Å². The third-order valence-electron chi connectivity index (χ3n) is 2.95. The van der Waals surface area contributed by atoms with Gasteiger partial charge in [-0.05, 0) is 49.0 Å². The van der Waals surface area contributed by atoms with Crippen LogP contribution in [-0.2, 0) is 11.2 Å². The molecule has 0 heterocycles. The van der Waals surface area contributed by atoms with Gasteiger partial charge in [0.15, 0.2) is 5.11 Å². The van der Waals surface area contributed by atoms with E-state index in [1.807, 2.05) is 61.5 Å². The van der Waals surface area contributed by atoms with E-state index in [1.54, 1.807) is 0 Å². The second kappa shape index (κ2) is 8.75. The molecule has 0 aliphatic rings. The van der Waals surface area contributed by atoms with Crippen LogP contribution in [-0.4, -0.2) is 17.6 Å². The lowest BCUT2D eigenvalue weighted by Gasteiger charge is -2.11. The van der Waals surface area contributed by atoms with Crippen LogP contribution in [0.25, 0.3) is 0 Å². The van der Waals surface area contributed by atoms with E-state index in [0.29, 0.717) is 11.7 Å². The molecule has 0 saturated carbocycles. The van der Waals surface area contributed by atoms with Crippen LogP contribution in [0.4, 0.5) is 5.69 Å². The van der Waals surface area contributed by atoms with Crippen LogP contribution in [0.3, 0.4) is 0 Å². The number of ether oxygens (including phenoxy) is 1. The number of nitrogens with one attached hydrogen (secondary N) is 3. The van der Waals surface area contributed by atoms with Crippen LogP contribution >= 0.6 is 12.2 Å². The monoisotopic (exact) mass is 329 g/mol. The first-order valence-corrected chi connectivity index (χ1v) is 7.71. The first-order chi connectivity index (χ1) is 11.2. The number of benzene rings is 2. The van der Waals surface area contributed by atoms with Gasteiger partial charge in [-0.15, -0.1) is 0 Å². The Morgan fingerprint density at radius 3 is 2.39 bits per heavy atom. The smallest absolute Gasteiger partial charge is 0.242 e. The van der Waals surface area contributed by atoms with Crippen molar-refractivity contribution in [2.75, 3.05) is 11.9 Å². The number of carbonyl (C=O) groups excluding carboxylic acids is 1. The fourth-order valence-electron chi connectivity index (χ4n) is 1.91. The average molecular weight is 329 g/mol. The maximum atomic E-state index is 11.9. The number of hydrogen-bond acceptors (Lipinski definition) is 3. The summed E-state index contributed by atoms with van der Waals surface area (Å²) in [6, 6.07) is 16.9. The van der Waals surface area contributed by atoms with Gasteiger partial charge in [0.1, 0.15) is 5.75 Å². The molecule has 0 fully saturated rings. The Labute approximate surface area is 141 Å². The topological polar surface area (TPSA) is 62.4 Å². The second-order valence-electron chi connectivity index (χ2n) is 4.75. The van der Waals surface area contributed by atoms with Gasteiger partial charge >= 0.3 is 0 Å². The second-order valence-corrected chi connectivity index (χ2v) is 5.16. The summed E-state index contributed by atoms with van der Waals surface area (Å²) >= 11 is 5.11. The highest BCUT2D eigenvalue weighted by Crippen LogP contribution is 2.12. The molecule has 0 unspecified atom stereocenters. The molecule has 2 aromatic rings. The third kappa shape index (κ3) is 5.96. The van der Waals surface area contributed by atoms with Crippen molar-refractivity contribution in [1.82, 2.24) is 10.9 Å². The molecule has 0 atom stereocenters. The van der Waals surface area contributed by atoms with Crippen LogP contribution < -0.4 is 20.9 Å². The molecule has 0 spiro atoms. The minimum atomic E-state index is -0.175. The summed E-state index contributed by atoms with van der Waals surface area (Å²) in [7, 11) is 0. The van der Waals surface area contributed by atoms with Crippen molar-refractivity contribution in [3.63, 3.8) is 0 Å². The van der Waals surface area contributed by atoms with E-state index >= 15 is 0 Å². The SMILES string of the molecule is CCOc1ccc(CC(=O)NNC(=S)Nc2ccccc2)cc1. The van der Waals surface area contributed by atoms with E-state index in [9.17, 15) is 4.79 Å². The van der Waals surface area contributed by atoms with Crippen LogP contribution in [0.15, 0.2) is 54.6 Å². The van der Waals surface area contributed by atoms with Gasteiger partial charge in [0.25, 0.3) is 0 Å². The quantitative estimate of drug-likeness (QED) is 0.581. The number of para-hydroxylation sites is 1. The highest BCUT2D eigenvalue weighted by atomic mass is 32.1. The molecule has 2 aromatic carbocycles. The summed E-state index contributed by atoms with van der Waals surface area (Å²) in [6.07, 6.45) is 0.257. The van der Waals surface area contributed by atoms with Crippen molar-refractivity contribution in [2.24, 2.45) is 0 Å². The summed E-state index contributed by atoms with van der Waals surface area (Å²) in [6.45, 7) is 2.55. The van der Waals surface area contributed by atoms with E-state index < -0.39 is 0 Å². The van der Waals surface area contributed by atoms with Gasteiger partial charge in [0.05, 0.1) is 13.0 Å². The first-order valence-electron chi connectivity index (χ1n) is 7.30. The predicted molar refractivity (Wildman–Crippen MR) is 95.3 cm³/mol. The van der Waals surface area contributed by atoms with E-state index in [1.165, 1.54) is 0 Å².